The van der Waals surface area contributed by atoms with Crippen molar-refractivity contribution in [2.24, 2.45) is 0 Å². The number of hydrogen-bond acceptors (Lipinski definition) is 4. The molecule has 8 heteroatoms. The van der Waals surface area contributed by atoms with Gasteiger partial charge in [-0.3, -0.25) is 4.18 Å². The van der Waals surface area contributed by atoms with Crippen LogP contribution in [0.2, 0.25) is 0 Å². The van der Waals surface area contributed by atoms with Crippen molar-refractivity contribution in [3.63, 3.8) is 0 Å². The first-order valence-corrected chi connectivity index (χ1v) is 6.98. The van der Waals surface area contributed by atoms with Gasteiger partial charge in [0.05, 0.1) is 12.9 Å². The molecule has 0 saturated carbocycles. The molecule has 0 aliphatic heterocycles. The van der Waals surface area contributed by atoms with Gasteiger partial charge in [-0.25, -0.2) is 0 Å². The molecule has 0 amide bonds. The Bertz CT molecular complexity index is 465. The minimum Gasteiger partial charge on any atom is -0.265 e. The van der Waals surface area contributed by atoms with Crippen LogP contribution in [0.1, 0.15) is 5.56 Å². The lowest BCUT2D eigenvalue weighted by atomic mass is 10.2. The van der Waals surface area contributed by atoms with Gasteiger partial charge >= 0.3 is 5.51 Å². The zero-order valence-corrected chi connectivity index (χ0v) is 10.3. The summed E-state index contributed by atoms with van der Waals surface area (Å²) in [5.41, 5.74) is -3.84. The summed E-state index contributed by atoms with van der Waals surface area (Å²) in [7, 11) is -3.55. The van der Waals surface area contributed by atoms with Crippen LogP contribution in [0.3, 0.4) is 0 Å². The lowest BCUT2D eigenvalue weighted by Crippen LogP contribution is -2.02. The number of alkyl halides is 3. The van der Waals surface area contributed by atoms with E-state index in [0.29, 0.717) is 5.56 Å². The smallest absolute Gasteiger partial charge is 0.265 e. The summed E-state index contributed by atoms with van der Waals surface area (Å²) in [5, 5.41) is 0. The van der Waals surface area contributed by atoms with E-state index in [1.54, 1.807) is 0 Å². The van der Waals surface area contributed by atoms with Crippen molar-refractivity contribution >= 4 is 21.9 Å². The van der Waals surface area contributed by atoms with Gasteiger partial charge in [-0.2, -0.15) is 21.6 Å². The van der Waals surface area contributed by atoms with Crippen LogP contribution < -0.4 is 0 Å². The Morgan fingerprint density at radius 3 is 2.18 bits per heavy atom. The summed E-state index contributed by atoms with van der Waals surface area (Å²) in [6, 6.07) is 5.30. The zero-order chi connectivity index (χ0) is 13.1. The molecule has 0 aliphatic rings. The van der Waals surface area contributed by atoms with E-state index < -0.39 is 15.6 Å². The maximum absolute atomic E-state index is 12.0. The average molecular weight is 286 g/mol. The van der Waals surface area contributed by atoms with Crippen molar-refractivity contribution in [1.29, 1.82) is 0 Å². The Kier molecular flexibility index (Phi) is 4.45. The lowest BCUT2D eigenvalue weighted by Gasteiger charge is -2.06. The van der Waals surface area contributed by atoms with Gasteiger partial charge in [0.15, 0.2) is 0 Å². The molecule has 0 atom stereocenters. The summed E-state index contributed by atoms with van der Waals surface area (Å²) in [6.45, 7) is -0.185. The predicted molar refractivity (Wildman–Crippen MR) is 58.0 cm³/mol. The van der Waals surface area contributed by atoms with Crippen molar-refractivity contribution in [3.8, 4) is 0 Å². The average Bonchev–Trinajstić information content (AvgIpc) is 2.13. The van der Waals surface area contributed by atoms with Crippen LogP contribution in [0.25, 0.3) is 0 Å². The van der Waals surface area contributed by atoms with Crippen LogP contribution in [-0.4, -0.2) is 20.2 Å². The monoisotopic (exact) mass is 286 g/mol. The number of halogens is 3. The highest BCUT2D eigenvalue weighted by Crippen LogP contribution is 2.36. The molecule has 0 heterocycles. The van der Waals surface area contributed by atoms with Gasteiger partial charge in [-0.05, 0) is 29.5 Å². The van der Waals surface area contributed by atoms with Gasteiger partial charge < -0.3 is 0 Å². The van der Waals surface area contributed by atoms with E-state index in [-0.39, 0.29) is 23.3 Å². The maximum Gasteiger partial charge on any atom is 0.446 e. The molecule has 1 aromatic carbocycles. The number of rotatable bonds is 4. The molecule has 0 aliphatic carbocycles. The van der Waals surface area contributed by atoms with Crippen LogP contribution in [0.15, 0.2) is 29.2 Å². The third-order valence-electron chi connectivity index (χ3n) is 1.60. The highest BCUT2D eigenvalue weighted by Gasteiger charge is 2.28. The molecule has 0 fully saturated rings. The van der Waals surface area contributed by atoms with Crippen LogP contribution in [0.5, 0.6) is 0 Å². The van der Waals surface area contributed by atoms with Gasteiger partial charge in [0.25, 0.3) is 10.1 Å². The molecule has 3 nitrogen and oxygen atoms in total. The molecule has 17 heavy (non-hydrogen) atoms. The van der Waals surface area contributed by atoms with E-state index in [4.69, 9.17) is 0 Å². The van der Waals surface area contributed by atoms with Crippen molar-refractivity contribution in [1.82, 2.24) is 0 Å². The lowest BCUT2D eigenvalue weighted by molar-refractivity contribution is -0.0328. The van der Waals surface area contributed by atoms with Crippen LogP contribution in [0.4, 0.5) is 13.2 Å². The Morgan fingerprint density at radius 2 is 1.76 bits per heavy atom. The van der Waals surface area contributed by atoms with Gasteiger partial charge in [0.2, 0.25) is 0 Å². The fourth-order valence-corrected chi connectivity index (χ4v) is 1.85. The Hall–Kier alpha value is -0.730. The molecule has 0 aromatic heterocycles. The SMILES string of the molecule is CS(=O)(=O)OCc1ccc(SC(F)(F)F)cc1. The molecular weight excluding hydrogens is 277 g/mol. The summed E-state index contributed by atoms with van der Waals surface area (Å²) in [6.07, 6.45) is 0.904. The molecule has 1 rings (SSSR count). The predicted octanol–water partition coefficient (Wildman–Crippen LogP) is 2.77. The fourth-order valence-electron chi connectivity index (χ4n) is 0.962. The van der Waals surface area contributed by atoms with E-state index >= 15 is 0 Å². The highest BCUT2D eigenvalue weighted by molar-refractivity contribution is 8.00. The maximum atomic E-state index is 12.0. The van der Waals surface area contributed by atoms with Crippen molar-refractivity contribution in [3.05, 3.63) is 29.8 Å². The Balaban J connectivity index is 2.62. The molecule has 0 unspecified atom stereocenters. The van der Waals surface area contributed by atoms with E-state index in [2.05, 4.69) is 4.18 Å². The normalized spacial score (nSPS) is 12.7. The minimum atomic E-state index is -4.33. The second-order valence-electron chi connectivity index (χ2n) is 3.16. The summed E-state index contributed by atoms with van der Waals surface area (Å²) in [4.78, 5) is 0.0422. The quantitative estimate of drug-likeness (QED) is 0.630. The summed E-state index contributed by atoms with van der Waals surface area (Å²) >= 11 is -0.226. The van der Waals surface area contributed by atoms with E-state index in [1.807, 2.05) is 0 Å². The van der Waals surface area contributed by atoms with Gasteiger partial charge in [0, 0.05) is 4.90 Å². The third kappa shape index (κ3) is 6.54. The fraction of sp³-hybridized carbons (Fsp3) is 0.333. The Morgan fingerprint density at radius 1 is 1.24 bits per heavy atom. The number of thioether (sulfide) groups is 1. The van der Waals surface area contributed by atoms with E-state index in [9.17, 15) is 21.6 Å². The molecule has 0 N–H and O–H groups in total. The van der Waals surface area contributed by atoms with Gasteiger partial charge in [-0.15, -0.1) is 0 Å². The van der Waals surface area contributed by atoms with E-state index in [1.165, 1.54) is 24.3 Å². The first-order chi connectivity index (χ1) is 7.66. The highest BCUT2D eigenvalue weighted by atomic mass is 32.2. The van der Waals surface area contributed by atoms with Crippen molar-refractivity contribution in [2.45, 2.75) is 17.0 Å². The van der Waals surface area contributed by atoms with Gasteiger partial charge in [-0.1, -0.05) is 12.1 Å². The van der Waals surface area contributed by atoms with Crippen LogP contribution in [-0.2, 0) is 20.9 Å². The Labute approximate surface area is 101 Å². The molecule has 0 bridgehead atoms. The topological polar surface area (TPSA) is 43.4 Å². The van der Waals surface area contributed by atoms with Crippen LogP contribution in [0, 0.1) is 0 Å². The van der Waals surface area contributed by atoms with Crippen molar-refractivity contribution in [2.75, 3.05) is 6.26 Å². The second-order valence-corrected chi connectivity index (χ2v) is 5.94. The molecule has 1 aromatic rings. The molecule has 0 saturated heterocycles. The molecule has 96 valence electrons. The van der Waals surface area contributed by atoms with E-state index in [0.717, 1.165) is 6.26 Å². The first-order valence-electron chi connectivity index (χ1n) is 4.35. The summed E-state index contributed by atoms with van der Waals surface area (Å²) < 4.78 is 61.9. The first kappa shape index (κ1) is 14.3. The molecular formula is C9H9F3O3S2. The minimum absolute atomic E-state index is 0.0422. The molecule has 0 radical (unpaired) electrons. The zero-order valence-electron chi connectivity index (χ0n) is 8.69. The van der Waals surface area contributed by atoms with Crippen LogP contribution >= 0.6 is 11.8 Å². The van der Waals surface area contributed by atoms with Crippen molar-refractivity contribution < 1.29 is 25.8 Å². The van der Waals surface area contributed by atoms with Gasteiger partial charge in [0.1, 0.15) is 0 Å². The molecule has 0 spiro atoms. The number of hydrogen-bond donors (Lipinski definition) is 0. The second kappa shape index (κ2) is 5.28. The summed E-state index contributed by atoms with van der Waals surface area (Å²) in [5.74, 6) is 0. The number of benzene rings is 1. The largest absolute Gasteiger partial charge is 0.446 e. The third-order valence-corrected chi connectivity index (χ3v) is 2.88. The standard InChI is InChI=1S/C9H9F3O3S2/c1-17(13,14)15-6-7-2-4-8(5-3-7)16-9(10,11)12/h2-5H,6H2,1H3.